The van der Waals surface area contributed by atoms with E-state index in [9.17, 15) is 17.6 Å². The number of amides is 1. The lowest BCUT2D eigenvalue weighted by atomic mass is 10.3. The van der Waals surface area contributed by atoms with Crippen LogP contribution in [0.2, 0.25) is 0 Å². The van der Waals surface area contributed by atoms with Crippen LogP contribution in [0.5, 0.6) is 0 Å². The van der Waals surface area contributed by atoms with Crippen LogP contribution in [-0.2, 0) is 14.8 Å². The molecule has 2 rings (SSSR count). The van der Waals surface area contributed by atoms with E-state index in [4.69, 9.17) is 5.73 Å². The molecule has 0 bridgehead atoms. The van der Waals surface area contributed by atoms with Gasteiger partial charge in [-0.1, -0.05) is 0 Å². The van der Waals surface area contributed by atoms with Crippen molar-refractivity contribution in [2.75, 3.05) is 25.4 Å². The Balaban J connectivity index is 2.39. The lowest BCUT2D eigenvalue weighted by Gasteiger charge is -2.20. The van der Waals surface area contributed by atoms with E-state index < -0.39 is 15.8 Å². The van der Waals surface area contributed by atoms with Crippen LogP contribution in [0.15, 0.2) is 21.5 Å². The number of nitrogens with zero attached hydrogens (tertiary/aromatic N) is 1. The van der Waals surface area contributed by atoms with Crippen molar-refractivity contribution < 1.29 is 17.6 Å². The first-order valence-electron chi connectivity index (χ1n) is 5.84. The molecule has 0 unspecified atom stereocenters. The van der Waals surface area contributed by atoms with E-state index in [0.29, 0.717) is 0 Å². The van der Waals surface area contributed by atoms with Crippen LogP contribution in [0.1, 0.15) is 6.42 Å². The minimum atomic E-state index is -3.86. The average molecular weight is 366 g/mol. The third kappa shape index (κ3) is 2.94. The summed E-state index contributed by atoms with van der Waals surface area (Å²) in [5.41, 5.74) is 5.44. The molecule has 9 heteroatoms. The predicted molar refractivity (Wildman–Crippen MR) is 74.9 cm³/mol. The Hall–Kier alpha value is -1.19. The molecule has 1 amide bonds. The molecule has 1 aromatic rings. The van der Waals surface area contributed by atoms with Crippen molar-refractivity contribution in [3.05, 3.63) is 22.4 Å². The number of nitrogens with two attached hydrogens (primary N) is 1. The highest BCUT2D eigenvalue weighted by Crippen LogP contribution is 2.28. The molecular weight excluding hydrogens is 353 g/mol. The Morgan fingerprint density at radius 3 is 2.75 bits per heavy atom. The van der Waals surface area contributed by atoms with E-state index in [0.717, 1.165) is 12.1 Å². The predicted octanol–water partition coefficient (Wildman–Crippen LogP) is 0.681. The fourth-order valence-electron chi connectivity index (χ4n) is 1.89. The zero-order valence-corrected chi connectivity index (χ0v) is 12.8. The van der Waals surface area contributed by atoms with Gasteiger partial charge in [0.2, 0.25) is 15.9 Å². The monoisotopic (exact) mass is 365 g/mol. The first-order chi connectivity index (χ1) is 9.32. The summed E-state index contributed by atoms with van der Waals surface area (Å²) in [6.45, 7) is 0.464. The fourth-order valence-corrected chi connectivity index (χ4v) is 3.95. The van der Waals surface area contributed by atoms with E-state index in [1.54, 1.807) is 0 Å². The van der Waals surface area contributed by atoms with E-state index in [1.165, 1.54) is 4.31 Å². The molecule has 110 valence electrons. The van der Waals surface area contributed by atoms with E-state index in [1.807, 2.05) is 0 Å². The standard InChI is InChI=1S/C11H13BrFN3O3S/c12-7-5-10(9(14)6-8(7)13)20(18,19)16-3-1-11(17)15-2-4-16/h5-6H,1-4,14H2,(H,15,17). The number of anilines is 1. The zero-order valence-electron chi connectivity index (χ0n) is 10.4. The van der Waals surface area contributed by atoms with E-state index in [-0.39, 0.29) is 47.0 Å². The van der Waals surface area contributed by atoms with Crippen molar-refractivity contribution in [3.63, 3.8) is 0 Å². The SMILES string of the molecule is Nc1cc(F)c(Br)cc1S(=O)(=O)N1CCNC(=O)CC1. The molecule has 0 aliphatic carbocycles. The summed E-state index contributed by atoms with van der Waals surface area (Å²) in [5.74, 6) is -0.829. The first kappa shape index (κ1) is 15.2. The average Bonchev–Trinajstić information content (AvgIpc) is 2.59. The summed E-state index contributed by atoms with van der Waals surface area (Å²) < 4.78 is 39.5. The van der Waals surface area contributed by atoms with Gasteiger partial charge in [-0.2, -0.15) is 4.31 Å². The Morgan fingerprint density at radius 1 is 1.35 bits per heavy atom. The summed E-state index contributed by atoms with van der Waals surface area (Å²) in [7, 11) is -3.86. The van der Waals surface area contributed by atoms with E-state index >= 15 is 0 Å². The molecule has 1 fully saturated rings. The van der Waals surface area contributed by atoms with Crippen molar-refractivity contribution in [2.45, 2.75) is 11.3 Å². The smallest absolute Gasteiger partial charge is 0.245 e. The molecule has 0 atom stereocenters. The van der Waals surface area contributed by atoms with Crippen molar-refractivity contribution >= 4 is 37.5 Å². The molecule has 1 aromatic carbocycles. The summed E-state index contributed by atoms with van der Waals surface area (Å²) >= 11 is 2.94. The highest BCUT2D eigenvalue weighted by molar-refractivity contribution is 9.10. The molecule has 1 aliphatic rings. The number of halogens is 2. The van der Waals surface area contributed by atoms with Gasteiger partial charge in [0.15, 0.2) is 0 Å². The normalized spacial score (nSPS) is 17.6. The van der Waals surface area contributed by atoms with Crippen molar-refractivity contribution in [2.24, 2.45) is 0 Å². The Morgan fingerprint density at radius 2 is 2.05 bits per heavy atom. The van der Waals surface area contributed by atoms with Crippen LogP contribution >= 0.6 is 15.9 Å². The van der Waals surface area contributed by atoms with Crippen molar-refractivity contribution in [1.29, 1.82) is 0 Å². The van der Waals surface area contributed by atoms with Gasteiger partial charge in [0.1, 0.15) is 10.7 Å². The Labute approximate surface area is 124 Å². The van der Waals surface area contributed by atoms with Crippen LogP contribution in [0, 0.1) is 5.82 Å². The minimum Gasteiger partial charge on any atom is -0.398 e. The molecule has 1 aliphatic heterocycles. The van der Waals surface area contributed by atoms with Crippen LogP contribution in [0.3, 0.4) is 0 Å². The second kappa shape index (κ2) is 5.66. The second-order valence-electron chi connectivity index (χ2n) is 4.31. The number of nitrogens with one attached hydrogen (secondary N) is 1. The third-order valence-electron chi connectivity index (χ3n) is 2.94. The van der Waals surface area contributed by atoms with Crippen LogP contribution < -0.4 is 11.1 Å². The van der Waals surface area contributed by atoms with Gasteiger partial charge in [-0.25, -0.2) is 12.8 Å². The molecule has 0 radical (unpaired) electrons. The van der Waals surface area contributed by atoms with Crippen LogP contribution in [-0.4, -0.2) is 38.3 Å². The maximum absolute atomic E-state index is 13.3. The number of carbonyl (C=O) groups is 1. The molecule has 1 saturated heterocycles. The van der Waals surface area contributed by atoms with Gasteiger partial charge in [0.05, 0.1) is 10.2 Å². The molecule has 20 heavy (non-hydrogen) atoms. The highest BCUT2D eigenvalue weighted by atomic mass is 79.9. The maximum Gasteiger partial charge on any atom is 0.245 e. The summed E-state index contributed by atoms with van der Waals surface area (Å²) in [6, 6.07) is 2.10. The molecule has 0 spiro atoms. The van der Waals surface area contributed by atoms with Gasteiger partial charge in [-0.3, -0.25) is 4.79 Å². The number of hydrogen-bond donors (Lipinski definition) is 2. The molecule has 0 aromatic heterocycles. The summed E-state index contributed by atoms with van der Waals surface area (Å²) in [6.07, 6.45) is 0.0848. The number of carbonyl (C=O) groups excluding carboxylic acids is 1. The van der Waals surface area contributed by atoms with Crippen molar-refractivity contribution in [1.82, 2.24) is 9.62 Å². The van der Waals surface area contributed by atoms with Gasteiger partial charge in [0.25, 0.3) is 0 Å². The lowest BCUT2D eigenvalue weighted by Crippen LogP contribution is -2.34. The molecular formula is C11H13BrFN3O3S. The quantitative estimate of drug-likeness (QED) is 0.753. The molecule has 6 nitrogen and oxygen atoms in total. The Kier molecular flexibility index (Phi) is 4.31. The zero-order chi connectivity index (χ0) is 14.9. The molecule has 1 heterocycles. The first-order valence-corrected chi connectivity index (χ1v) is 8.07. The number of benzene rings is 1. The molecule has 0 saturated carbocycles. The van der Waals surface area contributed by atoms with Gasteiger partial charge >= 0.3 is 0 Å². The van der Waals surface area contributed by atoms with Gasteiger partial charge < -0.3 is 11.1 Å². The van der Waals surface area contributed by atoms with Gasteiger partial charge in [-0.05, 0) is 28.1 Å². The van der Waals surface area contributed by atoms with Crippen LogP contribution in [0.25, 0.3) is 0 Å². The van der Waals surface area contributed by atoms with Crippen molar-refractivity contribution in [3.8, 4) is 0 Å². The van der Waals surface area contributed by atoms with Crippen LogP contribution in [0.4, 0.5) is 10.1 Å². The number of nitrogen functional groups attached to an aromatic ring is 1. The highest BCUT2D eigenvalue weighted by Gasteiger charge is 2.29. The fraction of sp³-hybridized carbons (Fsp3) is 0.364. The molecule has 3 N–H and O–H groups in total. The van der Waals surface area contributed by atoms with E-state index in [2.05, 4.69) is 21.2 Å². The number of rotatable bonds is 2. The lowest BCUT2D eigenvalue weighted by molar-refractivity contribution is -0.120. The maximum atomic E-state index is 13.3. The topological polar surface area (TPSA) is 92.5 Å². The Bertz CT molecular complexity index is 651. The summed E-state index contributed by atoms with van der Waals surface area (Å²) in [5, 5.41) is 2.59. The number of hydrogen-bond acceptors (Lipinski definition) is 4. The third-order valence-corrected chi connectivity index (χ3v) is 5.50. The second-order valence-corrected chi connectivity index (χ2v) is 7.07. The van der Waals surface area contributed by atoms with Gasteiger partial charge in [-0.15, -0.1) is 0 Å². The minimum absolute atomic E-state index is 0.0225. The van der Waals surface area contributed by atoms with Gasteiger partial charge in [0, 0.05) is 26.1 Å². The summed E-state index contributed by atoms with van der Waals surface area (Å²) in [4.78, 5) is 11.1. The number of sulfonamides is 1. The largest absolute Gasteiger partial charge is 0.398 e.